The molecule has 1 fully saturated rings. The Bertz CT molecular complexity index is 861. The molecule has 150 valence electrons. The number of nitrogens with zero attached hydrogens (tertiary/aromatic N) is 4. The van der Waals surface area contributed by atoms with Crippen molar-refractivity contribution in [3.05, 3.63) is 35.5 Å². The molecule has 8 nitrogen and oxygen atoms in total. The number of aromatic nitrogens is 2. The Kier molecular flexibility index (Phi) is 5.96. The molecule has 1 aliphatic heterocycles. The Hall–Kier alpha value is -2.90. The number of carbonyl (C=O) groups is 2. The van der Waals surface area contributed by atoms with Crippen LogP contribution in [0.2, 0.25) is 0 Å². The van der Waals surface area contributed by atoms with Crippen molar-refractivity contribution in [3.8, 4) is 0 Å². The predicted octanol–water partition coefficient (Wildman–Crippen LogP) is 3.37. The highest BCUT2D eigenvalue weighted by Gasteiger charge is 2.23. The Labute approximate surface area is 164 Å². The molecule has 0 aliphatic carbocycles. The molecule has 0 spiro atoms. The van der Waals surface area contributed by atoms with Crippen molar-refractivity contribution < 1.29 is 14.1 Å². The van der Waals surface area contributed by atoms with E-state index in [4.69, 9.17) is 4.52 Å². The molecule has 3 amide bonds. The Morgan fingerprint density at radius 3 is 2.82 bits per heavy atom. The van der Waals surface area contributed by atoms with Gasteiger partial charge in [-0.05, 0) is 43.0 Å². The van der Waals surface area contributed by atoms with Crippen molar-refractivity contribution in [1.29, 1.82) is 0 Å². The first kappa shape index (κ1) is 19.9. The van der Waals surface area contributed by atoms with Gasteiger partial charge in [0.2, 0.25) is 11.8 Å². The number of nitrogens with one attached hydrogen (secondary N) is 1. The lowest BCUT2D eigenvalue weighted by Crippen LogP contribution is -2.31. The molecule has 2 aromatic rings. The summed E-state index contributed by atoms with van der Waals surface area (Å²) in [5, 5.41) is 6.80. The first-order valence-electron chi connectivity index (χ1n) is 9.58. The summed E-state index contributed by atoms with van der Waals surface area (Å²) in [6, 6.07) is 5.31. The van der Waals surface area contributed by atoms with Gasteiger partial charge in [0.15, 0.2) is 5.82 Å². The van der Waals surface area contributed by atoms with Crippen LogP contribution in [0.5, 0.6) is 0 Å². The van der Waals surface area contributed by atoms with Crippen molar-refractivity contribution >= 4 is 23.3 Å². The fourth-order valence-electron chi connectivity index (χ4n) is 3.23. The summed E-state index contributed by atoms with van der Waals surface area (Å²) < 4.78 is 5.21. The third-order valence-corrected chi connectivity index (χ3v) is 4.63. The fraction of sp³-hybridized carbons (Fsp3) is 0.500. The molecule has 0 unspecified atom stereocenters. The normalized spacial score (nSPS) is 14.0. The Morgan fingerprint density at radius 1 is 1.39 bits per heavy atom. The van der Waals surface area contributed by atoms with Gasteiger partial charge in [-0.3, -0.25) is 4.79 Å². The standard InChI is InChI=1S/C20H27N5O3/c1-13(2)10-18-22-17(23-28-18)12-24(4)20(27)21-15-7-8-16(14(3)11-15)25-9-5-6-19(25)26/h7-8,11,13H,5-6,9-10,12H2,1-4H3,(H,21,27). The molecule has 8 heteroatoms. The minimum atomic E-state index is -0.264. The lowest BCUT2D eigenvalue weighted by Gasteiger charge is -2.20. The van der Waals surface area contributed by atoms with Crippen LogP contribution < -0.4 is 10.2 Å². The van der Waals surface area contributed by atoms with E-state index in [0.29, 0.717) is 36.2 Å². The van der Waals surface area contributed by atoms with Crippen LogP contribution in [0.25, 0.3) is 0 Å². The van der Waals surface area contributed by atoms with Crippen LogP contribution in [-0.2, 0) is 17.8 Å². The number of urea groups is 1. The average molecular weight is 385 g/mol. The number of aryl methyl sites for hydroxylation is 1. The van der Waals surface area contributed by atoms with Gasteiger partial charge in [-0.25, -0.2) is 4.79 Å². The predicted molar refractivity (Wildman–Crippen MR) is 106 cm³/mol. The third kappa shape index (κ3) is 4.68. The maximum absolute atomic E-state index is 12.5. The minimum Gasteiger partial charge on any atom is -0.339 e. The van der Waals surface area contributed by atoms with E-state index in [0.717, 1.165) is 24.2 Å². The second kappa shape index (κ2) is 8.41. The van der Waals surface area contributed by atoms with Crippen LogP contribution >= 0.6 is 0 Å². The van der Waals surface area contributed by atoms with Gasteiger partial charge in [-0.2, -0.15) is 4.98 Å². The molecular formula is C20H27N5O3. The molecular weight excluding hydrogens is 358 g/mol. The van der Waals surface area contributed by atoms with E-state index in [2.05, 4.69) is 29.3 Å². The van der Waals surface area contributed by atoms with Crippen molar-refractivity contribution in [2.75, 3.05) is 23.8 Å². The Morgan fingerprint density at radius 2 is 2.18 bits per heavy atom. The lowest BCUT2D eigenvalue weighted by molar-refractivity contribution is -0.117. The quantitative estimate of drug-likeness (QED) is 0.823. The van der Waals surface area contributed by atoms with Gasteiger partial charge in [0.25, 0.3) is 0 Å². The smallest absolute Gasteiger partial charge is 0.321 e. The molecule has 1 aromatic heterocycles. The van der Waals surface area contributed by atoms with E-state index < -0.39 is 0 Å². The molecule has 0 bridgehead atoms. The maximum Gasteiger partial charge on any atom is 0.321 e. The number of benzene rings is 1. The van der Waals surface area contributed by atoms with Crippen molar-refractivity contribution in [2.24, 2.45) is 5.92 Å². The van der Waals surface area contributed by atoms with E-state index in [1.807, 2.05) is 25.1 Å². The van der Waals surface area contributed by atoms with E-state index in [9.17, 15) is 9.59 Å². The average Bonchev–Trinajstić information content (AvgIpc) is 3.23. The number of carbonyl (C=O) groups excluding carboxylic acids is 2. The molecule has 1 N–H and O–H groups in total. The van der Waals surface area contributed by atoms with E-state index in [1.165, 1.54) is 4.90 Å². The number of hydrogen-bond donors (Lipinski definition) is 1. The van der Waals surface area contributed by atoms with Crippen LogP contribution in [0.1, 0.15) is 44.0 Å². The molecule has 1 aromatic carbocycles. The van der Waals surface area contributed by atoms with E-state index in [-0.39, 0.29) is 18.5 Å². The number of hydrogen-bond acceptors (Lipinski definition) is 5. The largest absolute Gasteiger partial charge is 0.339 e. The topological polar surface area (TPSA) is 91.6 Å². The molecule has 0 radical (unpaired) electrons. The lowest BCUT2D eigenvalue weighted by atomic mass is 10.1. The number of anilines is 2. The first-order valence-corrected chi connectivity index (χ1v) is 9.58. The molecule has 1 saturated heterocycles. The van der Waals surface area contributed by atoms with Gasteiger partial charge in [-0.15, -0.1) is 0 Å². The fourth-order valence-corrected chi connectivity index (χ4v) is 3.23. The highest BCUT2D eigenvalue weighted by atomic mass is 16.5. The number of rotatable bonds is 6. The van der Waals surface area contributed by atoms with Crippen molar-refractivity contribution in [1.82, 2.24) is 15.0 Å². The minimum absolute atomic E-state index is 0.150. The summed E-state index contributed by atoms with van der Waals surface area (Å²) in [7, 11) is 1.68. The summed E-state index contributed by atoms with van der Waals surface area (Å²) in [6.45, 7) is 7.10. The first-order chi connectivity index (χ1) is 13.3. The summed E-state index contributed by atoms with van der Waals surface area (Å²) >= 11 is 0. The molecule has 1 aliphatic rings. The van der Waals surface area contributed by atoms with Gasteiger partial charge < -0.3 is 19.6 Å². The van der Waals surface area contributed by atoms with Crippen molar-refractivity contribution in [2.45, 2.75) is 46.6 Å². The zero-order valence-electron chi connectivity index (χ0n) is 16.9. The van der Waals surface area contributed by atoms with Crippen LogP contribution in [0, 0.1) is 12.8 Å². The van der Waals surface area contributed by atoms with Gasteiger partial charge in [0.1, 0.15) is 0 Å². The maximum atomic E-state index is 12.5. The van der Waals surface area contributed by atoms with Crippen LogP contribution in [0.4, 0.5) is 16.2 Å². The summed E-state index contributed by atoms with van der Waals surface area (Å²) in [4.78, 5) is 32.0. The Balaban J connectivity index is 1.60. The van der Waals surface area contributed by atoms with E-state index in [1.54, 1.807) is 11.9 Å². The molecule has 28 heavy (non-hydrogen) atoms. The summed E-state index contributed by atoms with van der Waals surface area (Å²) in [5.41, 5.74) is 2.53. The van der Waals surface area contributed by atoms with Gasteiger partial charge >= 0.3 is 6.03 Å². The SMILES string of the molecule is Cc1cc(NC(=O)N(C)Cc2noc(CC(C)C)n2)ccc1N1CCCC1=O. The van der Waals surface area contributed by atoms with E-state index >= 15 is 0 Å². The van der Waals surface area contributed by atoms with Crippen LogP contribution in [0.15, 0.2) is 22.7 Å². The van der Waals surface area contributed by atoms with Crippen LogP contribution in [-0.4, -0.2) is 40.6 Å². The molecule has 2 heterocycles. The molecule has 0 atom stereocenters. The third-order valence-electron chi connectivity index (χ3n) is 4.63. The van der Waals surface area contributed by atoms with Gasteiger partial charge in [0, 0.05) is 37.8 Å². The zero-order valence-corrected chi connectivity index (χ0v) is 16.9. The monoisotopic (exact) mass is 385 g/mol. The highest BCUT2D eigenvalue weighted by molar-refractivity contribution is 5.96. The molecule has 0 saturated carbocycles. The highest BCUT2D eigenvalue weighted by Crippen LogP contribution is 2.27. The summed E-state index contributed by atoms with van der Waals surface area (Å²) in [5.74, 6) is 1.64. The second-order valence-corrected chi connectivity index (χ2v) is 7.64. The number of amides is 3. The van der Waals surface area contributed by atoms with Crippen molar-refractivity contribution in [3.63, 3.8) is 0 Å². The van der Waals surface area contributed by atoms with Gasteiger partial charge in [0.05, 0.1) is 6.54 Å². The van der Waals surface area contributed by atoms with Crippen LogP contribution in [0.3, 0.4) is 0 Å². The molecule has 3 rings (SSSR count). The summed E-state index contributed by atoms with van der Waals surface area (Å²) in [6.07, 6.45) is 2.20. The zero-order chi connectivity index (χ0) is 20.3. The van der Waals surface area contributed by atoms with Gasteiger partial charge in [-0.1, -0.05) is 19.0 Å². The second-order valence-electron chi connectivity index (χ2n) is 7.64.